The van der Waals surface area contributed by atoms with Crippen molar-refractivity contribution in [3.63, 3.8) is 0 Å². The molecule has 0 bridgehead atoms. The largest absolute Gasteiger partial charge is 0.481 e. The first-order valence-electron chi connectivity index (χ1n) is 5.93. The minimum Gasteiger partial charge on any atom is -0.481 e. The molecule has 20 heavy (non-hydrogen) atoms. The van der Waals surface area contributed by atoms with Gasteiger partial charge in [0.05, 0.1) is 10.9 Å². The van der Waals surface area contributed by atoms with Gasteiger partial charge in [0.25, 0.3) is 0 Å². The van der Waals surface area contributed by atoms with E-state index in [0.29, 0.717) is 29.4 Å². The Morgan fingerprint density at radius 1 is 1.55 bits per heavy atom. The zero-order valence-electron chi connectivity index (χ0n) is 10.6. The van der Waals surface area contributed by atoms with E-state index in [1.807, 2.05) is 12.1 Å². The standard InChI is InChI=1S/C12H12BrClN4O2/c1-7(12(19)20)4-5-18-11(15-16-17-18)9-6-8(13)2-3-10(9)14/h2-3,6-7H,4-5H2,1H3,(H,19,20). The number of hydrogen-bond donors (Lipinski definition) is 1. The lowest BCUT2D eigenvalue weighted by Crippen LogP contribution is -2.14. The number of benzene rings is 1. The Kier molecular flexibility index (Phi) is 4.72. The molecule has 6 nitrogen and oxygen atoms in total. The molecular formula is C12H12BrClN4O2. The number of tetrazole rings is 1. The van der Waals surface area contributed by atoms with E-state index in [0.717, 1.165) is 4.47 Å². The molecule has 1 N–H and O–H groups in total. The molecule has 8 heteroatoms. The van der Waals surface area contributed by atoms with Crippen LogP contribution in [0, 0.1) is 5.92 Å². The van der Waals surface area contributed by atoms with E-state index < -0.39 is 11.9 Å². The number of carboxylic acids is 1. The molecule has 0 aliphatic carbocycles. The monoisotopic (exact) mass is 358 g/mol. The second kappa shape index (κ2) is 6.32. The van der Waals surface area contributed by atoms with Gasteiger partial charge in [-0.25, -0.2) is 4.68 Å². The molecule has 0 aliphatic rings. The van der Waals surface area contributed by atoms with Crippen LogP contribution in [0.2, 0.25) is 5.02 Å². The lowest BCUT2D eigenvalue weighted by atomic mass is 10.1. The third-order valence-electron chi connectivity index (χ3n) is 2.90. The first-order chi connectivity index (χ1) is 9.49. The van der Waals surface area contributed by atoms with Crippen LogP contribution in [-0.2, 0) is 11.3 Å². The van der Waals surface area contributed by atoms with Crippen LogP contribution in [0.25, 0.3) is 11.4 Å². The fourth-order valence-corrected chi connectivity index (χ4v) is 2.22. The maximum atomic E-state index is 10.8. The van der Waals surface area contributed by atoms with Crippen molar-refractivity contribution in [1.29, 1.82) is 0 Å². The minimum atomic E-state index is -0.833. The van der Waals surface area contributed by atoms with Gasteiger partial charge in [0.15, 0.2) is 5.82 Å². The molecule has 1 atom stereocenters. The molecule has 1 unspecified atom stereocenters. The normalized spacial score (nSPS) is 12.3. The van der Waals surface area contributed by atoms with Crippen molar-refractivity contribution in [2.45, 2.75) is 19.9 Å². The fourth-order valence-electron chi connectivity index (χ4n) is 1.66. The number of aliphatic carboxylic acids is 1. The molecule has 0 amide bonds. The van der Waals surface area contributed by atoms with Crippen molar-refractivity contribution in [2.24, 2.45) is 5.92 Å². The second-order valence-electron chi connectivity index (χ2n) is 4.38. The first kappa shape index (κ1) is 14.9. The molecule has 1 heterocycles. The number of nitrogens with zero attached hydrogens (tertiary/aromatic N) is 4. The Bertz CT molecular complexity index is 632. The van der Waals surface area contributed by atoms with Crippen molar-refractivity contribution in [3.8, 4) is 11.4 Å². The molecular weight excluding hydrogens is 348 g/mol. The fraction of sp³-hybridized carbons (Fsp3) is 0.333. The summed E-state index contributed by atoms with van der Waals surface area (Å²) in [4.78, 5) is 10.8. The van der Waals surface area contributed by atoms with Crippen LogP contribution >= 0.6 is 27.5 Å². The summed E-state index contributed by atoms with van der Waals surface area (Å²) in [5.74, 6) is -0.765. The highest BCUT2D eigenvalue weighted by Crippen LogP contribution is 2.29. The second-order valence-corrected chi connectivity index (χ2v) is 5.70. The van der Waals surface area contributed by atoms with Crippen LogP contribution in [0.15, 0.2) is 22.7 Å². The molecule has 0 fully saturated rings. The predicted molar refractivity (Wildman–Crippen MR) is 77.4 cm³/mol. The van der Waals surface area contributed by atoms with E-state index in [1.54, 1.807) is 17.7 Å². The number of carbonyl (C=O) groups is 1. The van der Waals surface area contributed by atoms with Crippen LogP contribution in [-0.4, -0.2) is 31.3 Å². The summed E-state index contributed by atoms with van der Waals surface area (Å²) in [5, 5.41) is 20.9. The van der Waals surface area contributed by atoms with Crippen molar-refractivity contribution >= 4 is 33.5 Å². The number of hydrogen-bond acceptors (Lipinski definition) is 4. The average molecular weight is 360 g/mol. The first-order valence-corrected chi connectivity index (χ1v) is 7.10. The Hall–Kier alpha value is -1.47. The van der Waals surface area contributed by atoms with Gasteiger partial charge in [0.2, 0.25) is 0 Å². The van der Waals surface area contributed by atoms with Crippen LogP contribution in [0.4, 0.5) is 0 Å². The summed E-state index contributed by atoms with van der Waals surface area (Å²) >= 11 is 9.52. The van der Waals surface area contributed by atoms with Gasteiger partial charge in [-0.15, -0.1) is 5.10 Å². The Morgan fingerprint density at radius 3 is 3.00 bits per heavy atom. The van der Waals surface area contributed by atoms with Gasteiger partial charge >= 0.3 is 5.97 Å². The van der Waals surface area contributed by atoms with E-state index in [1.165, 1.54) is 0 Å². The highest BCUT2D eigenvalue weighted by Gasteiger charge is 2.16. The highest BCUT2D eigenvalue weighted by atomic mass is 79.9. The van der Waals surface area contributed by atoms with Gasteiger partial charge in [0.1, 0.15) is 0 Å². The molecule has 0 saturated heterocycles. The molecule has 106 valence electrons. The Balaban J connectivity index is 2.24. The van der Waals surface area contributed by atoms with Crippen molar-refractivity contribution in [3.05, 3.63) is 27.7 Å². The summed E-state index contributed by atoms with van der Waals surface area (Å²) < 4.78 is 2.43. The molecule has 0 radical (unpaired) electrons. The van der Waals surface area contributed by atoms with Gasteiger partial charge in [-0.3, -0.25) is 4.79 Å². The molecule has 1 aromatic heterocycles. The molecule has 2 rings (SSSR count). The number of aromatic nitrogens is 4. The third kappa shape index (κ3) is 3.34. The number of carboxylic acid groups (broad SMARTS) is 1. The van der Waals surface area contributed by atoms with E-state index in [4.69, 9.17) is 16.7 Å². The van der Waals surface area contributed by atoms with E-state index in [-0.39, 0.29) is 0 Å². The van der Waals surface area contributed by atoms with Crippen molar-refractivity contribution in [1.82, 2.24) is 20.2 Å². The van der Waals surface area contributed by atoms with Gasteiger partial charge in [0, 0.05) is 16.6 Å². The van der Waals surface area contributed by atoms with Crippen molar-refractivity contribution in [2.75, 3.05) is 0 Å². The van der Waals surface area contributed by atoms with Crippen LogP contribution in [0.3, 0.4) is 0 Å². The highest BCUT2D eigenvalue weighted by molar-refractivity contribution is 9.10. The SMILES string of the molecule is CC(CCn1nnnc1-c1cc(Br)ccc1Cl)C(=O)O. The molecule has 2 aromatic rings. The molecule has 0 saturated carbocycles. The number of rotatable bonds is 5. The summed E-state index contributed by atoms with van der Waals surface area (Å²) in [7, 11) is 0. The summed E-state index contributed by atoms with van der Waals surface area (Å²) in [6.45, 7) is 2.07. The third-order valence-corrected chi connectivity index (χ3v) is 3.72. The maximum Gasteiger partial charge on any atom is 0.306 e. The van der Waals surface area contributed by atoms with E-state index >= 15 is 0 Å². The van der Waals surface area contributed by atoms with Crippen molar-refractivity contribution < 1.29 is 9.90 Å². The minimum absolute atomic E-state index is 0.415. The molecule has 0 aliphatic heterocycles. The van der Waals surface area contributed by atoms with Gasteiger partial charge < -0.3 is 5.11 Å². The zero-order chi connectivity index (χ0) is 14.7. The van der Waals surface area contributed by atoms with E-state index in [9.17, 15) is 4.79 Å². The van der Waals surface area contributed by atoms with Gasteiger partial charge in [-0.2, -0.15) is 0 Å². The summed E-state index contributed by atoms with van der Waals surface area (Å²) in [6, 6.07) is 5.40. The van der Waals surface area contributed by atoms with E-state index in [2.05, 4.69) is 31.5 Å². The lowest BCUT2D eigenvalue weighted by molar-refractivity contribution is -0.141. The number of halogens is 2. The quantitative estimate of drug-likeness (QED) is 0.888. The van der Waals surface area contributed by atoms with Gasteiger partial charge in [-0.05, 0) is 35.0 Å². The average Bonchev–Trinajstić information content (AvgIpc) is 2.86. The molecule has 1 aromatic carbocycles. The summed E-state index contributed by atoms with van der Waals surface area (Å²) in [6.07, 6.45) is 0.443. The lowest BCUT2D eigenvalue weighted by Gasteiger charge is -2.08. The molecule has 0 spiro atoms. The number of aryl methyl sites for hydroxylation is 1. The van der Waals surface area contributed by atoms with Gasteiger partial charge in [-0.1, -0.05) is 34.5 Å². The predicted octanol–water partition coefficient (Wildman–Crippen LogP) is 2.87. The zero-order valence-corrected chi connectivity index (χ0v) is 13.0. The maximum absolute atomic E-state index is 10.8. The Labute approximate surface area is 128 Å². The smallest absolute Gasteiger partial charge is 0.306 e. The Morgan fingerprint density at radius 2 is 2.30 bits per heavy atom. The topological polar surface area (TPSA) is 80.9 Å². The van der Waals surface area contributed by atoms with Crippen LogP contribution in [0.1, 0.15) is 13.3 Å². The van der Waals surface area contributed by atoms with Crippen LogP contribution < -0.4 is 0 Å². The summed E-state index contributed by atoms with van der Waals surface area (Å²) in [5.41, 5.74) is 0.703. The van der Waals surface area contributed by atoms with Crippen LogP contribution in [0.5, 0.6) is 0 Å².